The second-order valence-electron chi connectivity index (χ2n) is 6.14. The molecule has 0 saturated carbocycles. The molecule has 3 rings (SSSR count). The summed E-state index contributed by atoms with van der Waals surface area (Å²) in [4.78, 5) is 13.2. The minimum Gasteiger partial charge on any atom is -0.497 e. The van der Waals surface area contributed by atoms with E-state index in [2.05, 4.69) is 31.9 Å². The van der Waals surface area contributed by atoms with E-state index in [1.807, 2.05) is 31.2 Å². The van der Waals surface area contributed by atoms with Gasteiger partial charge >= 0.3 is 0 Å². The van der Waals surface area contributed by atoms with Gasteiger partial charge in [0.15, 0.2) is 5.11 Å². The van der Waals surface area contributed by atoms with E-state index in [1.54, 1.807) is 32.4 Å². The Kier molecular flexibility index (Phi) is 6.21. The van der Waals surface area contributed by atoms with Gasteiger partial charge in [-0.25, -0.2) is 0 Å². The number of carbonyl (C=O) groups excluding carboxylic acids is 1. The molecule has 0 spiro atoms. The van der Waals surface area contributed by atoms with E-state index < -0.39 is 0 Å². The first-order valence-corrected chi connectivity index (χ1v) is 9.70. The van der Waals surface area contributed by atoms with Crippen LogP contribution >= 0.6 is 28.1 Å². The molecule has 2 aromatic carbocycles. The van der Waals surface area contributed by atoms with E-state index in [1.165, 1.54) is 0 Å². The molecule has 146 valence electrons. The summed E-state index contributed by atoms with van der Waals surface area (Å²) in [5, 5.41) is 9.61. The van der Waals surface area contributed by atoms with Crippen LogP contribution in [0.4, 0.5) is 5.69 Å². The van der Waals surface area contributed by atoms with Crippen LogP contribution in [-0.4, -0.2) is 25.2 Å². The SMILES string of the molecule is COc1ccc(OC)c(NC(=O)C2=C(C)NC(=S)NC2c2ccc(Br)cc2)c1. The average Bonchev–Trinajstić information content (AvgIpc) is 2.67. The molecule has 0 fully saturated rings. The average molecular weight is 462 g/mol. The van der Waals surface area contributed by atoms with Crippen molar-refractivity contribution in [2.24, 2.45) is 0 Å². The molecule has 0 radical (unpaired) electrons. The number of methoxy groups -OCH3 is 2. The van der Waals surface area contributed by atoms with Gasteiger partial charge in [-0.05, 0) is 49.0 Å². The van der Waals surface area contributed by atoms with Crippen LogP contribution in [0.5, 0.6) is 11.5 Å². The van der Waals surface area contributed by atoms with Crippen LogP contribution in [0.2, 0.25) is 0 Å². The van der Waals surface area contributed by atoms with Crippen molar-refractivity contribution in [3.8, 4) is 11.5 Å². The van der Waals surface area contributed by atoms with E-state index >= 15 is 0 Å². The van der Waals surface area contributed by atoms with E-state index in [0.717, 1.165) is 10.0 Å². The van der Waals surface area contributed by atoms with E-state index in [9.17, 15) is 4.79 Å². The van der Waals surface area contributed by atoms with E-state index in [-0.39, 0.29) is 11.9 Å². The molecular weight excluding hydrogens is 442 g/mol. The highest BCUT2D eigenvalue weighted by Gasteiger charge is 2.30. The van der Waals surface area contributed by atoms with E-state index in [4.69, 9.17) is 21.7 Å². The number of thiocarbonyl (C=S) groups is 1. The van der Waals surface area contributed by atoms with E-state index in [0.29, 0.717) is 33.6 Å². The Bertz CT molecular complexity index is 944. The molecule has 1 aliphatic rings. The predicted octanol–water partition coefficient (Wildman–Crippen LogP) is 3.90. The number of nitrogens with one attached hydrogen (secondary N) is 3. The number of ether oxygens (including phenoxy) is 2. The largest absolute Gasteiger partial charge is 0.497 e. The van der Waals surface area contributed by atoms with Gasteiger partial charge in [-0.1, -0.05) is 28.1 Å². The molecule has 1 amide bonds. The Morgan fingerprint density at radius 3 is 2.50 bits per heavy atom. The number of hydrogen-bond donors (Lipinski definition) is 3. The smallest absolute Gasteiger partial charge is 0.255 e. The summed E-state index contributed by atoms with van der Waals surface area (Å²) >= 11 is 8.73. The lowest BCUT2D eigenvalue weighted by molar-refractivity contribution is -0.113. The van der Waals surface area contributed by atoms with Gasteiger partial charge in [0.2, 0.25) is 0 Å². The van der Waals surface area contributed by atoms with Crippen molar-refractivity contribution in [2.45, 2.75) is 13.0 Å². The Morgan fingerprint density at radius 1 is 1.14 bits per heavy atom. The van der Waals surface area contributed by atoms with Crippen LogP contribution < -0.4 is 25.4 Å². The van der Waals surface area contributed by atoms with Crippen molar-refractivity contribution in [2.75, 3.05) is 19.5 Å². The highest BCUT2D eigenvalue weighted by molar-refractivity contribution is 9.10. The van der Waals surface area contributed by atoms with Gasteiger partial charge < -0.3 is 25.4 Å². The van der Waals surface area contributed by atoms with Gasteiger partial charge in [-0.2, -0.15) is 0 Å². The van der Waals surface area contributed by atoms with Crippen molar-refractivity contribution in [3.63, 3.8) is 0 Å². The summed E-state index contributed by atoms with van der Waals surface area (Å²) in [7, 11) is 3.12. The number of carbonyl (C=O) groups is 1. The number of amides is 1. The van der Waals surface area contributed by atoms with Crippen LogP contribution in [0.25, 0.3) is 0 Å². The number of hydrogen-bond acceptors (Lipinski definition) is 4. The van der Waals surface area contributed by atoms with Crippen molar-refractivity contribution < 1.29 is 14.3 Å². The Balaban J connectivity index is 1.97. The second-order valence-corrected chi connectivity index (χ2v) is 7.47. The molecule has 3 N–H and O–H groups in total. The van der Waals surface area contributed by atoms with Crippen LogP contribution in [0.3, 0.4) is 0 Å². The fourth-order valence-corrected chi connectivity index (χ4v) is 3.54. The lowest BCUT2D eigenvalue weighted by atomic mass is 9.95. The summed E-state index contributed by atoms with van der Waals surface area (Å²) in [6.45, 7) is 1.83. The number of benzene rings is 2. The molecule has 0 saturated heterocycles. The molecule has 6 nitrogen and oxygen atoms in total. The first-order chi connectivity index (χ1) is 13.4. The molecule has 0 aromatic heterocycles. The zero-order valence-corrected chi connectivity index (χ0v) is 18.0. The van der Waals surface area contributed by atoms with Crippen molar-refractivity contribution >= 4 is 44.9 Å². The minimum atomic E-state index is -0.376. The Morgan fingerprint density at radius 2 is 1.86 bits per heavy atom. The fourth-order valence-electron chi connectivity index (χ4n) is 3.00. The lowest BCUT2D eigenvalue weighted by Gasteiger charge is -2.30. The van der Waals surface area contributed by atoms with Gasteiger partial charge in [-0.15, -0.1) is 0 Å². The van der Waals surface area contributed by atoms with Crippen LogP contribution in [0, 0.1) is 0 Å². The Hall–Kier alpha value is -2.58. The second kappa shape index (κ2) is 8.62. The molecule has 1 atom stereocenters. The number of halogens is 1. The predicted molar refractivity (Wildman–Crippen MR) is 117 cm³/mol. The van der Waals surface area contributed by atoms with Gasteiger partial charge in [0.1, 0.15) is 11.5 Å². The van der Waals surface area contributed by atoms with Gasteiger partial charge in [0.25, 0.3) is 5.91 Å². The maximum Gasteiger partial charge on any atom is 0.255 e. The Labute approximate surface area is 177 Å². The van der Waals surface area contributed by atoms with Crippen molar-refractivity contribution in [3.05, 3.63) is 63.8 Å². The van der Waals surface area contributed by atoms with Gasteiger partial charge in [0.05, 0.1) is 31.5 Å². The molecule has 1 heterocycles. The molecule has 1 aliphatic heterocycles. The molecule has 2 aromatic rings. The maximum absolute atomic E-state index is 13.2. The zero-order chi connectivity index (χ0) is 20.3. The first-order valence-electron chi connectivity index (χ1n) is 8.50. The minimum absolute atomic E-state index is 0.264. The molecule has 28 heavy (non-hydrogen) atoms. The normalized spacial score (nSPS) is 16.1. The monoisotopic (exact) mass is 461 g/mol. The summed E-state index contributed by atoms with van der Waals surface area (Å²) in [6.07, 6.45) is 0. The van der Waals surface area contributed by atoms with Gasteiger partial charge in [0, 0.05) is 16.2 Å². The summed E-state index contributed by atoms with van der Waals surface area (Å²) in [6, 6.07) is 12.6. The lowest BCUT2D eigenvalue weighted by Crippen LogP contribution is -2.45. The van der Waals surface area contributed by atoms with Crippen LogP contribution in [0.1, 0.15) is 18.5 Å². The number of anilines is 1. The number of allylic oxidation sites excluding steroid dienone is 1. The molecular formula is C20H20BrN3O3S. The fraction of sp³-hybridized carbons (Fsp3) is 0.200. The maximum atomic E-state index is 13.2. The first kappa shape index (κ1) is 20.2. The third-order valence-electron chi connectivity index (χ3n) is 4.37. The quantitative estimate of drug-likeness (QED) is 0.586. The third kappa shape index (κ3) is 4.28. The highest BCUT2D eigenvalue weighted by Crippen LogP contribution is 2.32. The van der Waals surface area contributed by atoms with Gasteiger partial charge in [-0.3, -0.25) is 4.79 Å². The zero-order valence-electron chi connectivity index (χ0n) is 15.6. The summed E-state index contributed by atoms with van der Waals surface area (Å²) in [5.41, 5.74) is 2.68. The van der Waals surface area contributed by atoms with Crippen molar-refractivity contribution in [1.29, 1.82) is 0 Å². The van der Waals surface area contributed by atoms with Crippen LogP contribution in [0.15, 0.2) is 58.2 Å². The summed E-state index contributed by atoms with van der Waals surface area (Å²) in [5.74, 6) is 0.895. The molecule has 8 heteroatoms. The standard InChI is InChI=1S/C20H20BrN3O3S/c1-11-17(18(24-20(28)22-11)12-4-6-13(21)7-5-12)19(25)23-15-10-14(26-2)8-9-16(15)27-3/h4-10,18H,1-3H3,(H,23,25)(H2,22,24,28). The topological polar surface area (TPSA) is 71.6 Å². The molecule has 0 bridgehead atoms. The van der Waals surface area contributed by atoms with Crippen LogP contribution in [-0.2, 0) is 4.79 Å². The summed E-state index contributed by atoms with van der Waals surface area (Å²) < 4.78 is 11.6. The highest BCUT2D eigenvalue weighted by atomic mass is 79.9. The molecule has 0 aliphatic carbocycles. The third-order valence-corrected chi connectivity index (χ3v) is 5.12. The van der Waals surface area contributed by atoms with Crippen molar-refractivity contribution in [1.82, 2.24) is 10.6 Å². The number of rotatable bonds is 5. The molecule has 1 unspecified atom stereocenters.